The van der Waals surface area contributed by atoms with Crippen molar-refractivity contribution in [3.63, 3.8) is 0 Å². The van der Waals surface area contributed by atoms with Crippen LogP contribution in [0.5, 0.6) is 0 Å². The number of carbonyl (C=O) groups excluding carboxylic acids is 1. The van der Waals surface area contributed by atoms with E-state index < -0.39 is 0 Å². The molecule has 0 amide bonds. The minimum atomic E-state index is -0.376. The van der Waals surface area contributed by atoms with Gasteiger partial charge in [-0.1, -0.05) is 6.58 Å². The maximum atomic E-state index is 11.0. The first kappa shape index (κ1) is 11.6. The Hall–Kier alpha value is -0.480. The number of hydrogen-bond donors (Lipinski definition) is 0. The summed E-state index contributed by atoms with van der Waals surface area (Å²) in [5.74, 6) is 0.641. The summed E-state index contributed by atoms with van der Waals surface area (Å²) in [5.41, 5.74) is -0.178. The van der Waals surface area contributed by atoms with Crippen LogP contribution in [0.3, 0.4) is 0 Å². The molecular formula is C10H16O3S. The smallest absolute Gasteiger partial charge is 0.331 e. The zero-order valence-corrected chi connectivity index (χ0v) is 9.22. The Morgan fingerprint density at radius 2 is 2.50 bits per heavy atom. The molecule has 0 saturated carbocycles. The molecule has 1 fully saturated rings. The zero-order chi connectivity index (χ0) is 10.4. The number of ether oxygens (including phenoxy) is 2. The van der Waals surface area contributed by atoms with Gasteiger partial charge in [-0.2, -0.15) is 0 Å². The highest BCUT2D eigenvalue weighted by molar-refractivity contribution is 7.99. The molecule has 80 valence electrons. The number of hydrogen-bond acceptors (Lipinski definition) is 4. The maximum absolute atomic E-state index is 11.0. The summed E-state index contributed by atoms with van der Waals surface area (Å²) in [4.78, 5) is 11.0. The number of thioether (sulfide) groups is 1. The summed E-state index contributed by atoms with van der Waals surface area (Å²) in [6.45, 7) is 5.88. The quantitative estimate of drug-likeness (QED) is 0.522. The van der Waals surface area contributed by atoms with Crippen LogP contribution in [0.25, 0.3) is 0 Å². The third-order valence-corrected chi connectivity index (χ3v) is 3.12. The Balaban J connectivity index is 2.35. The molecular weight excluding hydrogens is 200 g/mol. The van der Waals surface area contributed by atoms with Crippen molar-refractivity contribution < 1.29 is 14.3 Å². The first-order chi connectivity index (χ1) is 6.72. The van der Waals surface area contributed by atoms with Crippen LogP contribution in [0.2, 0.25) is 0 Å². The van der Waals surface area contributed by atoms with Gasteiger partial charge >= 0.3 is 5.97 Å². The number of carbonyl (C=O) groups is 1. The van der Waals surface area contributed by atoms with Gasteiger partial charge in [-0.05, 0) is 25.5 Å². The molecule has 0 aromatic carbocycles. The van der Waals surface area contributed by atoms with Crippen LogP contribution in [0.15, 0.2) is 12.7 Å². The summed E-state index contributed by atoms with van der Waals surface area (Å²) in [6, 6.07) is 0. The van der Waals surface area contributed by atoms with Crippen molar-refractivity contribution in [1.29, 1.82) is 0 Å². The molecule has 0 bridgehead atoms. The topological polar surface area (TPSA) is 35.5 Å². The van der Waals surface area contributed by atoms with Crippen LogP contribution in [0.1, 0.15) is 19.8 Å². The molecule has 0 aromatic rings. The molecule has 0 radical (unpaired) electrons. The lowest BCUT2D eigenvalue weighted by molar-refractivity contribution is -0.141. The van der Waals surface area contributed by atoms with E-state index in [1.54, 1.807) is 11.8 Å². The Bertz CT molecular complexity index is 206. The van der Waals surface area contributed by atoms with Crippen molar-refractivity contribution in [1.82, 2.24) is 0 Å². The van der Waals surface area contributed by atoms with Gasteiger partial charge < -0.3 is 9.47 Å². The average Bonchev–Trinajstić information content (AvgIpc) is 2.16. The van der Waals surface area contributed by atoms with E-state index in [0.717, 1.165) is 18.6 Å². The molecule has 0 spiro atoms. The standard InChI is InChI=1S/C10H16O3S/c1-3-9(11)13-10-7-12-8(2)5-4-6-14-10/h3,8,10H,1,4-7H2,2H3. The van der Waals surface area contributed by atoms with Gasteiger partial charge in [0.15, 0.2) is 5.44 Å². The van der Waals surface area contributed by atoms with Crippen LogP contribution in [0, 0.1) is 0 Å². The lowest BCUT2D eigenvalue weighted by atomic mass is 10.2. The average molecular weight is 216 g/mol. The van der Waals surface area contributed by atoms with Crippen LogP contribution in [0.4, 0.5) is 0 Å². The van der Waals surface area contributed by atoms with Crippen LogP contribution in [-0.4, -0.2) is 29.9 Å². The Morgan fingerprint density at radius 3 is 3.21 bits per heavy atom. The molecule has 0 aliphatic carbocycles. The highest BCUT2D eigenvalue weighted by Crippen LogP contribution is 2.20. The van der Waals surface area contributed by atoms with E-state index in [4.69, 9.17) is 9.47 Å². The molecule has 1 aliphatic heterocycles. The monoisotopic (exact) mass is 216 g/mol. The van der Waals surface area contributed by atoms with E-state index in [-0.39, 0.29) is 17.5 Å². The second-order valence-electron chi connectivity index (χ2n) is 3.23. The Kier molecular flexibility index (Phi) is 5.04. The Morgan fingerprint density at radius 1 is 1.71 bits per heavy atom. The van der Waals surface area contributed by atoms with Crippen molar-refractivity contribution in [2.45, 2.75) is 31.3 Å². The van der Waals surface area contributed by atoms with Gasteiger partial charge in [0.2, 0.25) is 0 Å². The number of esters is 1. The molecule has 1 saturated heterocycles. The summed E-state index contributed by atoms with van der Waals surface area (Å²) in [5, 5.41) is 0. The van der Waals surface area contributed by atoms with Crippen LogP contribution < -0.4 is 0 Å². The van der Waals surface area contributed by atoms with Crippen molar-refractivity contribution in [3.05, 3.63) is 12.7 Å². The molecule has 4 heteroatoms. The predicted octanol–water partition coefficient (Wildman–Crippen LogP) is 1.97. The molecule has 0 aromatic heterocycles. The van der Waals surface area contributed by atoms with E-state index in [0.29, 0.717) is 6.61 Å². The lowest BCUT2D eigenvalue weighted by Gasteiger charge is -2.22. The molecule has 1 rings (SSSR count). The van der Waals surface area contributed by atoms with Gasteiger partial charge in [-0.25, -0.2) is 4.79 Å². The van der Waals surface area contributed by atoms with Crippen molar-refractivity contribution in [2.24, 2.45) is 0 Å². The zero-order valence-electron chi connectivity index (χ0n) is 8.40. The molecule has 2 unspecified atom stereocenters. The lowest BCUT2D eigenvalue weighted by Crippen LogP contribution is -2.25. The van der Waals surface area contributed by atoms with Crippen LogP contribution in [-0.2, 0) is 14.3 Å². The van der Waals surface area contributed by atoms with Crippen LogP contribution >= 0.6 is 11.8 Å². The Labute approximate surface area is 88.8 Å². The summed E-state index contributed by atoms with van der Waals surface area (Å²) < 4.78 is 10.6. The summed E-state index contributed by atoms with van der Waals surface area (Å²) in [6.07, 6.45) is 3.63. The predicted molar refractivity (Wildman–Crippen MR) is 57.2 cm³/mol. The minimum Gasteiger partial charge on any atom is -0.446 e. The first-order valence-corrected chi connectivity index (χ1v) is 5.83. The van der Waals surface area contributed by atoms with Gasteiger partial charge in [-0.3, -0.25) is 0 Å². The fourth-order valence-corrected chi connectivity index (χ4v) is 2.14. The van der Waals surface area contributed by atoms with Crippen molar-refractivity contribution in [2.75, 3.05) is 12.4 Å². The van der Waals surface area contributed by atoms with Gasteiger partial charge in [0.05, 0.1) is 12.7 Å². The molecule has 14 heavy (non-hydrogen) atoms. The van der Waals surface area contributed by atoms with E-state index >= 15 is 0 Å². The van der Waals surface area contributed by atoms with Gasteiger partial charge in [0, 0.05) is 6.08 Å². The molecule has 0 N–H and O–H groups in total. The van der Waals surface area contributed by atoms with E-state index in [1.807, 2.05) is 6.92 Å². The van der Waals surface area contributed by atoms with Gasteiger partial charge in [0.1, 0.15) is 0 Å². The van der Waals surface area contributed by atoms with E-state index in [1.165, 1.54) is 6.08 Å². The van der Waals surface area contributed by atoms with Crippen molar-refractivity contribution in [3.8, 4) is 0 Å². The minimum absolute atomic E-state index is 0.178. The molecule has 1 heterocycles. The summed E-state index contributed by atoms with van der Waals surface area (Å²) >= 11 is 1.63. The molecule has 2 atom stereocenters. The largest absolute Gasteiger partial charge is 0.446 e. The SMILES string of the molecule is C=CC(=O)OC1COC(C)CCCS1. The molecule has 3 nitrogen and oxygen atoms in total. The van der Waals surface area contributed by atoms with Gasteiger partial charge in [0.25, 0.3) is 0 Å². The number of rotatable bonds is 2. The fourth-order valence-electron chi connectivity index (χ4n) is 1.21. The third-order valence-electron chi connectivity index (χ3n) is 1.99. The third kappa shape index (κ3) is 4.15. The fraction of sp³-hybridized carbons (Fsp3) is 0.700. The van der Waals surface area contributed by atoms with E-state index in [9.17, 15) is 4.79 Å². The maximum Gasteiger partial charge on any atom is 0.331 e. The van der Waals surface area contributed by atoms with Gasteiger partial charge in [-0.15, -0.1) is 11.8 Å². The van der Waals surface area contributed by atoms with Crippen molar-refractivity contribution >= 4 is 17.7 Å². The van der Waals surface area contributed by atoms with E-state index in [2.05, 4.69) is 6.58 Å². The highest BCUT2D eigenvalue weighted by Gasteiger charge is 2.17. The molecule has 1 aliphatic rings. The normalized spacial score (nSPS) is 28.6. The first-order valence-electron chi connectivity index (χ1n) is 4.78. The second kappa shape index (κ2) is 6.09. The second-order valence-corrected chi connectivity index (χ2v) is 4.49. The highest BCUT2D eigenvalue weighted by atomic mass is 32.2. The summed E-state index contributed by atoms with van der Waals surface area (Å²) in [7, 11) is 0.